The van der Waals surface area contributed by atoms with Crippen LogP contribution in [-0.4, -0.2) is 54.8 Å². The molecule has 2 atom stereocenters. The van der Waals surface area contributed by atoms with E-state index in [1.54, 1.807) is 53.3 Å². The number of carbonyl (C=O) groups excluding carboxylic acids is 2. The highest BCUT2D eigenvalue weighted by Gasteiger charge is 2.37. The first-order valence-electron chi connectivity index (χ1n) is 11.5. The molecular weight excluding hydrogens is 451 g/mol. The number of hydrogen-bond donors (Lipinski definition) is 1. The van der Waals surface area contributed by atoms with E-state index in [0.29, 0.717) is 42.4 Å². The van der Waals surface area contributed by atoms with Gasteiger partial charge in [0.15, 0.2) is 11.5 Å². The molecule has 0 spiro atoms. The van der Waals surface area contributed by atoms with E-state index in [4.69, 9.17) is 9.47 Å². The van der Waals surface area contributed by atoms with Crippen molar-refractivity contribution >= 4 is 17.6 Å². The fourth-order valence-corrected chi connectivity index (χ4v) is 4.93. The fraction of sp³-hybridized carbons (Fsp3) is 0.308. The summed E-state index contributed by atoms with van der Waals surface area (Å²) in [6.45, 7) is 1.36. The highest BCUT2D eigenvalue weighted by Crippen LogP contribution is 2.35. The highest BCUT2D eigenvalue weighted by molar-refractivity contribution is 5.97. The Labute approximate surface area is 202 Å². The number of aromatic nitrogens is 1. The summed E-state index contributed by atoms with van der Waals surface area (Å²) in [5, 5.41) is 3.01. The minimum atomic E-state index is -0.556. The molecule has 5 rings (SSSR count). The number of anilines is 1. The molecule has 2 aliphatic heterocycles. The van der Waals surface area contributed by atoms with Crippen LogP contribution in [0, 0.1) is 5.82 Å². The predicted octanol–water partition coefficient (Wildman–Crippen LogP) is 3.56. The smallest absolute Gasteiger partial charge is 0.318 e. The number of hydrogen-bond acceptors (Lipinski definition) is 4. The Morgan fingerprint density at radius 3 is 2.60 bits per heavy atom. The van der Waals surface area contributed by atoms with Crippen LogP contribution in [0.25, 0.3) is 0 Å². The van der Waals surface area contributed by atoms with Crippen molar-refractivity contribution in [3.05, 3.63) is 77.9 Å². The van der Waals surface area contributed by atoms with Crippen molar-refractivity contribution in [3.8, 4) is 11.5 Å². The molecule has 2 unspecified atom stereocenters. The average molecular weight is 479 g/mol. The van der Waals surface area contributed by atoms with E-state index >= 15 is 0 Å². The van der Waals surface area contributed by atoms with Crippen LogP contribution < -0.4 is 19.7 Å². The number of benzene rings is 2. The van der Waals surface area contributed by atoms with E-state index in [-0.39, 0.29) is 30.2 Å². The van der Waals surface area contributed by atoms with Crippen molar-refractivity contribution in [2.24, 2.45) is 0 Å². The van der Waals surface area contributed by atoms with Crippen LogP contribution in [0.2, 0.25) is 0 Å². The number of halogens is 1. The molecule has 9 heteroatoms. The van der Waals surface area contributed by atoms with Crippen LogP contribution in [0.3, 0.4) is 0 Å². The standard InChI is InChI=1S/C26H27FN4O4/c1-34-22-10-9-18(15-23(22)35-2)31-16-17(14-24(31)32)28-26(33)30-13-12-29-11-5-8-21(29)25(30)19-6-3-4-7-20(19)27/h3-11,15,17,25H,12-14,16H2,1-2H3,(H,28,33). The summed E-state index contributed by atoms with van der Waals surface area (Å²) in [6.07, 6.45) is 2.11. The Morgan fingerprint density at radius 1 is 1.03 bits per heavy atom. The number of ether oxygens (including phenoxy) is 2. The Hall–Kier alpha value is -4.01. The van der Waals surface area contributed by atoms with E-state index in [2.05, 4.69) is 5.32 Å². The number of nitrogens with one attached hydrogen (secondary N) is 1. The third-order valence-corrected chi connectivity index (χ3v) is 6.63. The monoisotopic (exact) mass is 478 g/mol. The lowest BCUT2D eigenvalue weighted by atomic mass is 9.99. The number of fused-ring (bicyclic) bond motifs is 1. The van der Waals surface area contributed by atoms with Gasteiger partial charge in [-0.05, 0) is 30.3 Å². The summed E-state index contributed by atoms with van der Waals surface area (Å²) in [5.74, 6) is 0.637. The van der Waals surface area contributed by atoms with Gasteiger partial charge in [0.05, 0.1) is 20.3 Å². The lowest BCUT2D eigenvalue weighted by Gasteiger charge is -2.38. The number of urea groups is 1. The first kappa shape index (κ1) is 22.8. The Morgan fingerprint density at radius 2 is 1.83 bits per heavy atom. The molecule has 1 saturated heterocycles. The van der Waals surface area contributed by atoms with Gasteiger partial charge in [-0.1, -0.05) is 18.2 Å². The number of methoxy groups -OCH3 is 2. The third-order valence-electron chi connectivity index (χ3n) is 6.63. The van der Waals surface area contributed by atoms with Gasteiger partial charge in [0.25, 0.3) is 0 Å². The molecule has 8 nitrogen and oxygen atoms in total. The summed E-state index contributed by atoms with van der Waals surface area (Å²) in [7, 11) is 3.09. The zero-order chi connectivity index (χ0) is 24.5. The summed E-state index contributed by atoms with van der Waals surface area (Å²) in [6, 6.07) is 14.4. The van der Waals surface area contributed by atoms with Crippen LogP contribution in [-0.2, 0) is 11.3 Å². The minimum absolute atomic E-state index is 0.0966. The first-order chi connectivity index (χ1) is 17.0. The molecule has 35 heavy (non-hydrogen) atoms. The highest BCUT2D eigenvalue weighted by atomic mass is 19.1. The fourth-order valence-electron chi connectivity index (χ4n) is 4.93. The number of rotatable bonds is 5. The van der Waals surface area contributed by atoms with Crippen molar-refractivity contribution in [2.75, 3.05) is 32.2 Å². The zero-order valence-corrected chi connectivity index (χ0v) is 19.6. The second-order valence-electron chi connectivity index (χ2n) is 8.64. The number of nitrogens with zero attached hydrogens (tertiary/aromatic N) is 3. The average Bonchev–Trinajstić information content (AvgIpc) is 3.49. The molecule has 0 aliphatic carbocycles. The molecule has 0 bridgehead atoms. The summed E-state index contributed by atoms with van der Waals surface area (Å²) < 4.78 is 27.5. The van der Waals surface area contributed by atoms with Crippen LogP contribution >= 0.6 is 0 Å². The van der Waals surface area contributed by atoms with Gasteiger partial charge in [0, 0.05) is 55.3 Å². The van der Waals surface area contributed by atoms with Gasteiger partial charge in [-0.2, -0.15) is 0 Å². The molecular formula is C26H27FN4O4. The zero-order valence-electron chi connectivity index (χ0n) is 19.6. The number of amides is 3. The van der Waals surface area contributed by atoms with E-state index < -0.39 is 6.04 Å². The van der Waals surface area contributed by atoms with E-state index in [0.717, 1.165) is 5.69 Å². The van der Waals surface area contributed by atoms with Crippen LogP contribution in [0.15, 0.2) is 60.8 Å². The largest absolute Gasteiger partial charge is 0.493 e. The normalized spacial score (nSPS) is 19.5. The molecule has 3 heterocycles. The van der Waals surface area contributed by atoms with Gasteiger partial charge in [-0.25, -0.2) is 9.18 Å². The van der Waals surface area contributed by atoms with Crippen molar-refractivity contribution in [1.82, 2.24) is 14.8 Å². The second kappa shape index (κ2) is 9.32. The topological polar surface area (TPSA) is 76.0 Å². The molecule has 3 amide bonds. The maximum Gasteiger partial charge on any atom is 0.318 e. The van der Waals surface area contributed by atoms with Gasteiger partial charge in [0.1, 0.15) is 11.9 Å². The van der Waals surface area contributed by atoms with Gasteiger partial charge >= 0.3 is 6.03 Å². The van der Waals surface area contributed by atoms with Gasteiger partial charge in [-0.15, -0.1) is 0 Å². The molecule has 2 aromatic carbocycles. The lowest BCUT2D eigenvalue weighted by Crippen LogP contribution is -2.50. The van der Waals surface area contributed by atoms with Gasteiger partial charge in [-0.3, -0.25) is 4.79 Å². The van der Waals surface area contributed by atoms with Crippen LogP contribution in [0.1, 0.15) is 23.7 Å². The quantitative estimate of drug-likeness (QED) is 0.609. The third kappa shape index (κ3) is 4.18. The van der Waals surface area contributed by atoms with Gasteiger partial charge in [0.2, 0.25) is 5.91 Å². The molecule has 0 saturated carbocycles. The van der Waals surface area contributed by atoms with Crippen LogP contribution in [0.4, 0.5) is 14.9 Å². The molecule has 2 aliphatic rings. The Kier molecular flexibility index (Phi) is 6.07. The molecule has 1 N–H and O–H groups in total. The van der Waals surface area contributed by atoms with Gasteiger partial charge < -0.3 is 29.2 Å². The molecule has 3 aromatic rings. The van der Waals surface area contributed by atoms with E-state index in [1.165, 1.54) is 13.2 Å². The van der Waals surface area contributed by atoms with E-state index in [9.17, 15) is 14.0 Å². The number of carbonyl (C=O) groups is 2. The second-order valence-corrected chi connectivity index (χ2v) is 8.64. The van der Waals surface area contributed by atoms with Crippen molar-refractivity contribution < 1.29 is 23.5 Å². The Balaban J connectivity index is 1.35. The van der Waals surface area contributed by atoms with Crippen molar-refractivity contribution in [3.63, 3.8) is 0 Å². The summed E-state index contributed by atoms with van der Waals surface area (Å²) in [5.41, 5.74) is 1.96. The Bertz CT molecular complexity index is 1260. The minimum Gasteiger partial charge on any atom is -0.493 e. The van der Waals surface area contributed by atoms with Crippen LogP contribution in [0.5, 0.6) is 11.5 Å². The van der Waals surface area contributed by atoms with E-state index in [1.807, 2.05) is 22.9 Å². The molecule has 182 valence electrons. The molecule has 1 aromatic heterocycles. The SMILES string of the molecule is COc1ccc(N2CC(NC(=O)N3CCn4cccc4C3c3ccccc3F)CC2=O)cc1OC. The summed E-state index contributed by atoms with van der Waals surface area (Å²) in [4.78, 5) is 29.5. The predicted molar refractivity (Wildman–Crippen MR) is 128 cm³/mol. The first-order valence-corrected chi connectivity index (χ1v) is 11.5. The summed E-state index contributed by atoms with van der Waals surface area (Å²) >= 11 is 0. The van der Waals surface area contributed by atoms with Crippen molar-refractivity contribution in [1.29, 1.82) is 0 Å². The molecule has 0 radical (unpaired) electrons. The maximum atomic E-state index is 14.8. The molecule has 1 fully saturated rings. The van der Waals surface area contributed by atoms with Crippen molar-refractivity contribution in [2.45, 2.75) is 25.0 Å². The maximum absolute atomic E-state index is 14.8. The lowest BCUT2D eigenvalue weighted by molar-refractivity contribution is -0.117.